The molecule has 2 heterocycles. The molecule has 1 fully saturated rings. The minimum Gasteiger partial charge on any atom is -0.491 e. The number of hydrogen-bond donors (Lipinski definition) is 2. The van der Waals surface area contributed by atoms with Gasteiger partial charge in [-0.1, -0.05) is 14.0 Å². The van der Waals surface area contributed by atoms with Crippen LogP contribution in [-0.2, 0) is 9.53 Å². The van der Waals surface area contributed by atoms with Crippen LogP contribution in [-0.4, -0.2) is 60.2 Å². The quantitative estimate of drug-likeness (QED) is 0.339. The summed E-state index contributed by atoms with van der Waals surface area (Å²) in [6.45, 7) is 10.0. The molecule has 2 aromatic carbocycles. The molecule has 0 aliphatic carbocycles. The third kappa shape index (κ3) is 6.74. The molecule has 0 unspecified atom stereocenters. The minimum absolute atomic E-state index is 0. The molecule has 4 rings (SSSR count). The fourth-order valence-corrected chi connectivity index (χ4v) is 3.74. The molecule has 9 heteroatoms. The number of nitrogens with zero attached hydrogens (tertiary/aromatic N) is 3. The van der Waals surface area contributed by atoms with Gasteiger partial charge in [-0.2, -0.15) is 0 Å². The zero-order valence-electron chi connectivity index (χ0n) is 19.1. The number of hydrogen-bond acceptors (Lipinski definition) is 7. The van der Waals surface area contributed by atoms with Crippen LogP contribution < -0.4 is 15.4 Å². The lowest BCUT2D eigenvalue weighted by Crippen LogP contribution is -2.37. The Kier molecular flexibility index (Phi) is 9.11. The maximum absolute atomic E-state index is 13.7. The van der Waals surface area contributed by atoms with E-state index in [1.165, 1.54) is 18.5 Å². The first-order valence-electron chi connectivity index (χ1n) is 11.2. The Balaban J connectivity index is 0.00000342. The highest BCUT2D eigenvalue weighted by Crippen LogP contribution is 2.33. The molecule has 0 radical (unpaired) electrons. The molecule has 1 saturated heterocycles. The van der Waals surface area contributed by atoms with E-state index in [4.69, 9.17) is 9.47 Å². The van der Waals surface area contributed by atoms with E-state index in [0.717, 1.165) is 39.3 Å². The van der Waals surface area contributed by atoms with Crippen LogP contribution >= 0.6 is 0 Å². The molecule has 0 atom stereocenters. The lowest BCUT2D eigenvalue weighted by atomic mass is 10.1. The Morgan fingerprint density at radius 3 is 2.80 bits per heavy atom. The van der Waals surface area contributed by atoms with Gasteiger partial charge in [0.2, 0.25) is 5.91 Å². The number of amides is 1. The molecule has 0 saturated carbocycles. The number of nitrogens with one attached hydrogen (secondary N) is 2. The van der Waals surface area contributed by atoms with Crippen molar-refractivity contribution in [2.75, 3.05) is 50.1 Å². The SMILES string of the molecule is C.C=CC(=O)Nc1cc2c(Nc3ccc(F)c(C)c3)ncnc2cc1OCCCN1CCOCC1. The summed E-state index contributed by atoms with van der Waals surface area (Å²) >= 11 is 0. The van der Waals surface area contributed by atoms with Gasteiger partial charge in [-0.15, -0.1) is 0 Å². The van der Waals surface area contributed by atoms with Crippen LogP contribution in [0, 0.1) is 12.7 Å². The van der Waals surface area contributed by atoms with E-state index < -0.39 is 0 Å². The number of benzene rings is 2. The second kappa shape index (κ2) is 12.2. The van der Waals surface area contributed by atoms with Gasteiger partial charge in [0.1, 0.15) is 23.7 Å². The second-order valence-corrected chi connectivity index (χ2v) is 8.03. The molecule has 8 nitrogen and oxygen atoms in total. The van der Waals surface area contributed by atoms with Crippen LogP contribution in [0.25, 0.3) is 10.9 Å². The molecule has 35 heavy (non-hydrogen) atoms. The van der Waals surface area contributed by atoms with Gasteiger partial charge in [0.15, 0.2) is 0 Å². The number of ether oxygens (including phenoxy) is 2. The predicted octanol–water partition coefficient (Wildman–Crippen LogP) is 4.68. The Bertz CT molecular complexity index is 1180. The highest BCUT2D eigenvalue weighted by atomic mass is 19.1. The Labute approximate surface area is 205 Å². The van der Waals surface area contributed by atoms with Gasteiger partial charge in [-0.05, 0) is 49.2 Å². The first kappa shape index (κ1) is 26.1. The second-order valence-electron chi connectivity index (χ2n) is 8.03. The molecule has 2 N–H and O–H groups in total. The van der Waals surface area contributed by atoms with Gasteiger partial charge in [0, 0.05) is 36.8 Å². The first-order valence-corrected chi connectivity index (χ1v) is 11.2. The average Bonchev–Trinajstić information content (AvgIpc) is 2.85. The van der Waals surface area contributed by atoms with Crippen molar-refractivity contribution in [2.45, 2.75) is 20.8 Å². The number of morpholine rings is 1. The third-order valence-corrected chi connectivity index (χ3v) is 5.58. The van der Waals surface area contributed by atoms with Crippen molar-refractivity contribution >= 4 is 34.0 Å². The number of aryl methyl sites for hydroxylation is 1. The van der Waals surface area contributed by atoms with Crippen molar-refractivity contribution < 1.29 is 18.7 Å². The van der Waals surface area contributed by atoms with Gasteiger partial charge >= 0.3 is 0 Å². The molecule has 1 amide bonds. The van der Waals surface area contributed by atoms with Crippen molar-refractivity contribution in [3.05, 3.63) is 60.7 Å². The fourth-order valence-electron chi connectivity index (χ4n) is 3.74. The number of aromatic nitrogens is 2. The Morgan fingerprint density at radius 2 is 2.06 bits per heavy atom. The van der Waals surface area contributed by atoms with Crippen molar-refractivity contribution in [2.24, 2.45) is 0 Å². The van der Waals surface area contributed by atoms with Crippen molar-refractivity contribution in [1.29, 1.82) is 0 Å². The van der Waals surface area contributed by atoms with E-state index >= 15 is 0 Å². The normalized spacial score (nSPS) is 13.7. The van der Waals surface area contributed by atoms with Gasteiger partial charge in [0.05, 0.1) is 31.0 Å². The first-order chi connectivity index (χ1) is 16.5. The van der Waals surface area contributed by atoms with Crippen LogP contribution in [0.5, 0.6) is 5.75 Å². The lowest BCUT2D eigenvalue weighted by Gasteiger charge is -2.26. The number of anilines is 3. The van der Waals surface area contributed by atoms with Crippen molar-refractivity contribution in [3.8, 4) is 5.75 Å². The van der Waals surface area contributed by atoms with Gasteiger partial charge in [0.25, 0.3) is 0 Å². The smallest absolute Gasteiger partial charge is 0.247 e. The number of fused-ring (bicyclic) bond motifs is 1. The minimum atomic E-state index is -0.349. The highest BCUT2D eigenvalue weighted by molar-refractivity contribution is 6.03. The molecule has 3 aromatic rings. The lowest BCUT2D eigenvalue weighted by molar-refractivity contribution is -0.111. The zero-order valence-corrected chi connectivity index (χ0v) is 19.1. The topological polar surface area (TPSA) is 88.6 Å². The Hall–Kier alpha value is -3.56. The third-order valence-electron chi connectivity index (χ3n) is 5.58. The van der Waals surface area contributed by atoms with Crippen molar-refractivity contribution in [1.82, 2.24) is 14.9 Å². The molecule has 0 spiro atoms. The van der Waals surface area contributed by atoms with E-state index in [2.05, 4.69) is 32.1 Å². The maximum atomic E-state index is 13.7. The summed E-state index contributed by atoms with van der Waals surface area (Å²) in [5.74, 6) is 0.428. The fraction of sp³-hybridized carbons (Fsp3) is 0.346. The number of rotatable bonds is 9. The van der Waals surface area contributed by atoms with E-state index in [-0.39, 0.29) is 19.2 Å². The standard InChI is InChI=1S/C25H28FN5O3.CH4/c1-3-24(32)30-22-14-19-21(15-23(22)34-10-4-7-31-8-11-33-12-9-31)27-16-28-25(19)29-18-5-6-20(26)17(2)13-18;/h3,5-6,13-16H,1,4,7-12H2,2H3,(H,30,32)(H,27,28,29);1H4. The largest absolute Gasteiger partial charge is 0.491 e. The van der Waals surface area contributed by atoms with Crippen LogP contribution in [0.3, 0.4) is 0 Å². The average molecular weight is 482 g/mol. The summed E-state index contributed by atoms with van der Waals surface area (Å²) in [5.41, 5.74) is 2.36. The van der Waals surface area contributed by atoms with E-state index in [9.17, 15) is 9.18 Å². The number of carbonyl (C=O) groups is 1. The van der Waals surface area contributed by atoms with Crippen LogP contribution in [0.4, 0.5) is 21.6 Å². The predicted molar refractivity (Wildman–Crippen MR) is 137 cm³/mol. The van der Waals surface area contributed by atoms with Gasteiger partial charge in [-0.3, -0.25) is 9.69 Å². The molecule has 186 valence electrons. The molecular formula is C26H32FN5O3. The summed E-state index contributed by atoms with van der Waals surface area (Å²) in [4.78, 5) is 23.1. The van der Waals surface area contributed by atoms with Gasteiger partial charge < -0.3 is 20.1 Å². The molecule has 1 aliphatic rings. The van der Waals surface area contributed by atoms with Crippen molar-refractivity contribution in [3.63, 3.8) is 0 Å². The van der Waals surface area contributed by atoms with Crippen LogP contribution in [0.2, 0.25) is 0 Å². The van der Waals surface area contributed by atoms with Gasteiger partial charge in [-0.25, -0.2) is 14.4 Å². The van der Waals surface area contributed by atoms with E-state index in [1.54, 1.807) is 31.2 Å². The van der Waals surface area contributed by atoms with Crippen LogP contribution in [0.15, 0.2) is 49.3 Å². The Morgan fingerprint density at radius 1 is 1.26 bits per heavy atom. The summed E-state index contributed by atoms with van der Waals surface area (Å²) < 4.78 is 25.1. The number of carbonyl (C=O) groups excluding carboxylic acids is 1. The zero-order chi connectivity index (χ0) is 23.9. The number of halogens is 1. The maximum Gasteiger partial charge on any atom is 0.247 e. The van der Waals surface area contributed by atoms with E-state index in [0.29, 0.717) is 46.0 Å². The highest BCUT2D eigenvalue weighted by Gasteiger charge is 2.14. The molecule has 1 aromatic heterocycles. The summed E-state index contributed by atoms with van der Waals surface area (Å²) in [7, 11) is 0. The molecular weight excluding hydrogens is 449 g/mol. The van der Waals surface area contributed by atoms with E-state index in [1.807, 2.05) is 0 Å². The molecule has 0 bridgehead atoms. The summed E-state index contributed by atoms with van der Waals surface area (Å²) in [5, 5.41) is 6.70. The summed E-state index contributed by atoms with van der Waals surface area (Å²) in [6, 6.07) is 8.30. The summed E-state index contributed by atoms with van der Waals surface area (Å²) in [6.07, 6.45) is 3.49. The van der Waals surface area contributed by atoms with Crippen LogP contribution in [0.1, 0.15) is 19.4 Å². The monoisotopic (exact) mass is 481 g/mol. The molecule has 1 aliphatic heterocycles.